The van der Waals surface area contributed by atoms with E-state index in [1.165, 1.54) is 18.2 Å². The van der Waals surface area contributed by atoms with E-state index < -0.39 is 10.8 Å². The molecule has 0 unspecified atom stereocenters. The summed E-state index contributed by atoms with van der Waals surface area (Å²) in [4.78, 5) is 22.5. The molecule has 0 fully saturated rings. The number of benzene rings is 2. The highest BCUT2D eigenvalue weighted by Gasteiger charge is 2.13. The Labute approximate surface area is 151 Å². The molecule has 0 spiro atoms. The first-order valence-electron chi connectivity index (χ1n) is 8.17. The van der Waals surface area contributed by atoms with Crippen molar-refractivity contribution in [2.75, 3.05) is 18.5 Å². The Balaban J connectivity index is 2.13. The van der Waals surface area contributed by atoms with Crippen LogP contribution in [-0.2, 0) is 4.79 Å². The molecule has 7 nitrogen and oxygen atoms in total. The predicted octanol–water partition coefficient (Wildman–Crippen LogP) is 4.04. The van der Waals surface area contributed by atoms with Crippen LogP contribution in [0.25, 0.3) is 6.08 Å². The molecule has 0 saturated heterocycles. The molecule has 0 heterocycles. The number of carbonyl (C=O) groups excluding carboxylic acids is 1. The molecule has 2 aromatic rings. The van der Waals surface area contributed by atoms with Gasteiger partial charge in [-0.1, -0.05) is 18.2 Å². The van der Waals surface area contributed by atoms with Crippen molar-refractivity contribution in [2.45, 2.75) is 13.8 Å². The van der Waals surface area contributed by atoms with Crippen LogP contribution in [0, 0.1) is 10.1 Å². The van der Waals surface area contributed by atoms with Gasteiger partial charge in [-0.3, -0.25) is 14.9 Å². The molecule has 0 radical (unpaired) electrons. The highest BCUT2D eigenvalue weighted by molar-refractivity contribution is 6.03. The number of ether oxygens (including phenoxy) is 2. The first kappa shape index (κ1) is 19.0. The van der Waals surface area contributed by atoms with Crippen LogP contribution in [0.3, 0.4) is 0 Å². The third-order valence-electron chi connectivity index (χ3n) is 3.35. The quantitative estimate of drug-likeness (QED) is 0.438. The van der Waals surface area contributed by atoms with Crippen LogP contribution in [0.1, 0.15) is 19.4 Å². The van der Waals surface area contributed by atoms with Crippen LogP contribution in [0.4, 0.5) is 11.4 Å². The molecular formula is C19H20N2O5. The second-order valence-corrected chi connectivity index (χ2v) is 5.17. The molecule has 0 atom stereocenters. The molecule has 1 N–H and O–H groups in total. The zero-order valence-electron chi connectivity index (χ0n) is 14.6. The topological polar surface area (TPSA) is 90.7 Å². The smallest absolute Gasteiger partial charge is 0.292 e. The Morgan fingerprint density at radius 3 is 2.50 bits per heavy atom. The summed E-state index contributed by atoms with van der Waals surface area (Å²) in [5.74, 6) is 0.762. The number of anilines is 1. The summed E-state index contributed by atoms with van der Waals surface area (Å²) in [6, 6.07) is 11.3. The SMILES string of the molecule is CCOc1ccc(C=CC(=O)Nc2ccccc2[N+](=O)[O-])cc1OCC. The summed E-state index contributed by atoms with van der Waals surface area (Å²) in [6.45, 7) is 4.77. The Bertz CT molecular complexity index is 817. The van der Waals surface area contributed by atoms with E-state index in [-0.39, 0.29) is 11.4 Å². The van der Waals surface area contributed by atoms with E-state index in [2.05, 4.69) is 5.32 Å². The van der Waals surface area contributed by atoms with Gasteiger partial charge in [-0.05, 0) is 43.7 Å². The van der Waals surface area contributed by atoms with Gasteiger partial charge in [-0.2, -0.15) is 0 Å². The van der Waals surface area contributed by atoms with Crippen LogP contribution in [0.5, 0.6) is 11.5 Å². The highest BCUT2D eigenvalue weighted by Crippen LogP contribution is 2.29. The molecule has 7 heteroatoms. The summed E-state index contributed by atoms with van der Waals surface area (Å²) < 4.78 is 11.0. The highest BCUT2D eigenvalue weighted by atomic mass is 16.6. The maximum absolute atomic E-state index is 12.1. The van der Waals surface area contributed by atoms with Crippen molar-refractivity contribution in [1.29, 1.82) is 0 Å². The number of rotatable bonds is 8. The molecular weight excluding hydrogens is 336 g/mol. The fraction of sp³-hybridized carbons (Fsp3) is 0.211. The number of nitro groups is 1. The van der Waals surface area contributed by atoms with Gasteiger partial charge < -0.3 is 14.8 Å². The van der Waals surface area contributed by atoms with Crippen molar-refractivity contribution in [2.24, 2.45) is 0 Å². The molecule has 136 valence electrons. The number of hydrogen-bond donors (Lipinski definition) is 1. The van der Waals surface area contributed by atoms with Gasteiger partial charge in [0.2, 0.25) is 5.91 Å². The van der Waals surface area contributed by atoms with Crippen LogP contribution in [0.2, 0.25) is 0 Å². The van der Waals surface area contributed by atoms with Gasteiger partial charge in [0.15, 0.2) is 11.5 Å². The molecule has 0 bridgehead atoms. The van der Waals surface area contributed by atoms with E-state index in [0.717, 1.165) is 5.56 Å². The van der Waals surface area contributed by atoms with Gasteiger partial charge in [0.05, 0.1) is 18.1 Å². The van der Waals surface area contributed by atoms with Crippen molar-refractivity contribution < 1.29 is 19.2 Å². The molecule has 0 aliphatic heterocycles. The first-order chi connectivity index (χ1) is 12.5. The Morgan fingerprint density at radius 1 is 1.12 bits per heavy atom. The fourth-order valence-electron chi connectivity index (χ4n) is 2.26. The number of hydrogen-bond acceptors (Lipinski definition) is 5. The zero-order chi connectivity index (χ0) is 18.9. The lowest BCUT2D eigenvalue weighted by Gasteiger charge is -2.11. The number of nitrogens with zero attached hydrogens (tertiary/aromatic N) is 1. The van der Waals surface area contributed by atoms with Gasteiger partial charge in [0.1, 0.15) is 5.69 Å². The van der Waals surface area contributed by atoms with Gasteiger partial charge in [0.25, 0.3) is 5.69 Å². The monoisotopic (exact) mass is 356 g/mol. The molecule has 0 aliphatic carbocycles. The van der Waals surface area contributed by atoms with Gasteiger partial charge in [-0.15, -0.1) is 0 Å². The minimum atomic E-state index is -0.542. The van der Waals surface area contributed by atoms with E-state index in [1.807, 2.05) is 13.8 Å². The van der Waals surface area contributed by atoms with Crippen LogP contribution in [0.15, 0.2) is 48.5 Å². The lowest BCUT2D eigenvalue weighted by atomic mass is 10.2. The van der Waals surface area contributed by atoms with E-state index in [0.29, 0.717) is 24.7 Å². The van der Waals surface area contributed by atoms with Crippen LogP contribution in [-0.4, -0.2) is 24.0 Å². The fourth-order valence-corrected chi connectivity index (χ4v) is 2.26. The molecule has 0 saturated carbocycles. The van der Waals surface area contributed by atoms with Crippen molar-refractivity contribution in [1.82, 2.24) is 0 Å². The molecule has 2 rings (SSSR count). The number of carbonyl (C=O) groups is 1. The van der Waals surface area contributed by atoms with Gasteiger partial charge >= 0.3 is 0 Å². The molecule has 1 amide bonds. The average molecular weight is 356 g/mol. The van der Waals surface area contributed by atoms with Gasteiger partial charge in [-0.25, -0.2) is 0 Å². The molecule has 2 aromatic carbocycles. The molecule has 26 heavy (non-hydrogen) atoms. The second kappa shape index (κ2) is 9.22. The number of amides is 1. The second-order valence-electron chi connectivity index (χ2n) is 5.17. The third kappa shape index (κ3) is 5.07. The Morgan fingerprint density at radius 2 is 1.81 bits per heavy atom. The summed E-state index contributed by atoms with van der Waals surface area (Å²) in [5.41, 5.74) is 0.734. The normalized spacial score (nSPS) is 10.5. The average Bonchev–Trinajstić information content (AvgIpc) is 2.62. The standard InChI is InChI=1S/C19H20N2O5/c1-3-25-17-11-9-14(13-18(17)26-4-2)10-12-19(22)20-15-7-5-6-8-16(15)21(23)24/h5-13H,3-4H2,1-2H3,(H,20,22). The predicted molar refractivity (Wildman–Crippen MR) is 99.5 cm³/mol. The summed E-state index contributed by atoms with van der Waals surface area (Å²) >= 11 is 0. The molecule has 0 aliphatic rings. The van der Waals surface area contributed by atoms with E-state index >= 15 is 0 Å². The van der Waals surface area contributed by atoms with Crippen LogP contribution >= 0.6 is 0 Å². The van der Waals surface area contributed by atoms with Crippen molar-refractivity contribution in [3.63, 3.8) is 0 Å². The maximum atomic E-state index is 12.1. The zero-order valence-corrected chi connectivity index (χ0v) is 14.6. The lowest BCUT2D eigenvalue weighted by molar-refractivity contribution is -0.383. The lowest BCUT2D eigenvalue weighted by Crippen LogP contribution is -2.09. The number of nitrogens with one attached hydrogen (secondary N) is 1. The van der Waals surface area contributed by atoms with E-state index in [1.54, 1.807) is 36.4 Å². The maximum Gasteiger partial charge on any atom is 0.292 e. The first-order valence-corrected chi connectivity index (χ1v) is 8.17. The summed E-state index contributed by atoms with van der Waals surface area (Å²) in [6.07, 6.45) is 2.91. The minimum Gasteiger partial charge on any atom is -0.490 e. The van der Waals surface area contributed by atoms with E-state index in [4.69, 9.17) is 9.47 Å². The minimum absolute atomic E-state index is 0.147. The Kier molecular flexibility index (Phi) is 6.73. The van der Waals surface area contributed by atoms with Crippen LogP contribution < -0.4 is 14.8 Å². The number of nitro benzene ring substituents is 1. The van der Waals surface area contributed by atoms with E-state index in [9.17, 15) is 14.9 Å². The number of para-hydroxylation sites is 2. The molecule has 0 aromatic heterocycles. The largest absolute Gasteiger partial charge is 0.490 e. The summed E-state index contributed by atoms with van der Waals surface area (Å²) in [7, 11) is 0. The van der Waals surface area contributed by atoms with Crippen molar-refractivity contribution in [3.05, 3.63) is 64.2 Å². The third-order valence-corrected chi connectivity index (χ3v) is 3.35. The van der Waals surface area contributed by atoms with Crippen molar-refractivity contribution in [3.8, 4) is 11.5 Å². The summed E-state index contributed by atoms with van der Waals surface area (Å²) in [5, 5.41) is 13.5. The Hall–Kier alpha value is -3.35. The van der Waals surface area contributed by atoms with Crippen molar-refractivity contribution >= 4 is 23.4 Å². The van der Waals surface area contributed by atoms with Gasteiger partial charge in [0, 0.05) is 12.1 Å².